The van der Waals surface area contributed by atoms with Crippen molar-refractivity contribution in [1.82, 2.24) is 4.90 Å². The van der Waals surface area contributed by atoms with Crippen LogP contribution in [0.1, 0.15) is 38.7 Å². The SMILES string of the molecule is CC1(C)CN(C(=O)CCN2C(=O)CCc3ccccc32)CCC1N. The molecule has 2 aliphatic rings. The first-order chi connectivity index (χ1) is 11.4. The molecule has 1 saturated heterocycles. The third kappa shape index (κ3) is 3.31. The van der Waals surface area contributed by atoms with E-state index in [1.165, 1.54) is 5.56 Å². The molecule has 2 amide bonds. The van der Waals surface area contributed by atoms with Crippen LogP contribution >= 0.6 is 0 Å². The second kappa shape index (κ2) is 6.55. The molecular formula is C19H27N3O2. The number of piperidine rings is 1. The van der Waals surface area contributed by atoms with E-state index >= 15 is 0 Å². The van der Waals surface area contributed by atoms with Crippen molar-refractivity contribution in [2.45, 2.75) is 45.6 Å². The number of likely N-dealkylation sites (tertiary alicyclic amines) is 1. The lowest BCUT2D eigenvalue weighted by atomic mass is 9.79. The van der Waals surface area contributed by atoms with E-state index in [-0.39, 0.29) is 23.3 Å². The fourth-order valence-electron chi connectivity index (χ4n) is 3.69. The van der Waals surface area contributed by atoms with Crippen LogP contribution in [0.25, 0.3) is 0 Å². The Bertz CT molecular complexity index is 641. The van der Waals surface area contributed by atoms with Gasteiger partial charge in [0.25, 0.3) is 0 Å². The maximum absolute atomic E-state index is 12.6. The van der Waals surface area contributed by atoms with Gasteiger partial charge in [-0.3, -0.25) is 9.59 Å². The molecule has 5 heteroatoms. The van der Waals surface area contributed by atoms with E-state index in [0.29, 0.717) is 32.5 Å². The maximum Gasteiger partial charge on any atom is 0.227 e. The summed E-state index contributed by atoms with van der Waals surface area (Å²) in [6.45, 7) is 6.09. The molecule has 1 atom stereocenters. The third-order valence-electron chi connectivity index (χ3n) is 5.41. The highest BCUT2D eigenvalue weighted by atomic mass is 16.2. The van der Waals surface area contributed by atoms with Crippen molar-refractivity contribution < 1.29 is 9.59 Å². The van der Waals surface area contributed by atoms with Crippen molar-refractivity contribution in [3.05, 3.63) is 29.8 Å². The highest BCUT2D eigenvalue weighted by Crippen LogP contribution is 2.29. The Kier molecular flexibility index (Phi) is 4.63. The predicted octanol–water partition coefficient (Wildman–Crippen LogP) is 1.94. The first-order valence-corrected chi connectivity index (χ1v) is 8.80. The van der Waals surface area contributed by atoms with Crippen molar-refractivity contribution in [2.75, 3.05) is 24.5 Å². The van der Waals surface area contributed by atoms with Gasteiger partial charge < -0.3 is 15.5 Å². The minimum atomic E-state index is -0.0541. The van der Waals surface area contributed by atoms with E-state index in [1.807, 2.05) is 23.1 Å². The Morgan fingerprint density at radius 1 is 1.29 bits per heavy atom. The van der Waals surface area contributed by atoms with Crippen LogP contribution < -0.4 is 10.6 Å². The van der Waals surface area contributed by atoms with E-state index in [1.54, 1.807) is 4.90 Å². The van der Waals surface area contributed by atoms with Gasteiger partial charge in [-0.1, -0.05) is 32.0 Å². The number of amides is 2. The number of carbonyl (C=O) groups is 2. The van der Waals surface area contributed by atoms with Crippen LogP contribution in [0.2, 0.25) is 0 Å². The number of nitrogens with zero attached hydrogens (tertiary/aromatic N) is 2. The summed E-state index contributed by atoms with van der Waals surface area (Å²) < 4.78 is 0. The summed E-state index contributed by atoms with van der Waals surface area (Å²) in [5.41, 5.74) is 8.24. The van der Waals surface area contributed by atoms with Gasteiger partial charge in [-0.25, -0.2) is 0 Å². The second-order valence-corrected chi connectivity index (χ2v) is 7.62. The van der Waals surface area contributed by atoms with E-state index in [9.17, 15) is 9.59 Å². The highest BCUT2D eigenvalue weighted by molar-refractivity contribution is 5.97. The van der Waals surface area contributed by atoms with Crippen molar-refractivity contribution in [2.24, 2.45) is 11.1 Å². The molecule has 0 spiro atoms. The summed E-state index contributed by atoms with van der Waals surface area (Å²) in [4.78, 5) is 28.6. The molecule has 1 aromatic rings. The summed E-state index contributed by atoms with van der Waals surface area (Å²) in [5, 5.41) is 0. The van der Waals surface area contributed by atoms with E-state index in [2.05, 4.69) is 19.9 Å². The van der Waals surface area contributed by atoms with Gasteiger partial charge in [0.05, 0.1) is 0 Å². The molecule has 5 nitrogen and oxygen atoms in total. The Morgan fingerprint density at radius 2 is 2.04 bits per heavy atom. The fraction of sp³-hybridized carbons (Fsp3) is 0.579. The van der Waals surface area contributed by atoms with E-state index in [4.69, 9.17) is 5.73 Å². The minimum absolute atomic E-state index is 0.0541. The quantitative estimate of drug-likeness (QED) is 0.921. The van der Waals surface area contributed by atoms with Crippen LogP contribution in [0, 0.1) is 5.41 Å². The van der Waals surface area contributed by atoms with Gasteiger partial charge in [-0.2, -0.15) is 0 Å². The van der Waals surface area contributed by atoms with Gasteiger partial charge in [0.1, 0.15) is 0 Å². The molecule has 0 radical (unpaired) electrons. The number of rotatable bonds is 3. The molecule has 2 heterocycles. The summed E-state index contributed by atoms with van der Waals surface area (Å²) in [6.07, 6.45) is 2.52. The molecular weight excluding hydrogens is 302 g/mol. The average molecular weight is 329 g/mol. The number of para-hydroxylation sites is 1. The fourth-order valence-corrected chi connectivity index (χ4v) is 3.69. The van der Waals surface area contributed by atoms with Crippen LogP contribution in [0.3, 0.4) is 0 Å². The Hall–Kier alpha value is -1.88. The number of hydrogen-bond acceptors (Lipinski definition) is 3. The zero-order chi connectivity index (χ0) is 17.3. The molecule has 24 heavy (non-hydrogen) atoms. The van der Waals surface area contributed by atoms with Gasteiger partial charge in [0.2, 0.25) is 11.8 Å². The zero-order valence-corrected chi connectivity index (χ0v) is 14.6. The zero-order valence-electron chi connectivity index (χ0n) is 14.6. The molecule has 130 valence electrons. The number of carbonyl (C=O) groups excluding carboxylic acids is 2. The second-order valence-electron chi connectivity index (χ2n) is 7.62. The lowest BCUT2D eigenvalue weighted by Gasteiger charge is -2.42. The highest BCUT2D eigenvalue weighted by Gasteiger charge is 2.35. The number of fused-ring (bicyclic) bond motifs is 1. The first-order valence-electron chi connectivity index (χ1n) is 8.80. The summed E-state index contributed by atoms with van der Waals surface area (Å²) in [6, 6.07) is 8.11. The van der Waals surface area contributed by atoms with Gasteiger partial charge in [0.15, 0.2) is 0 Å². The number of nitrogens with two attached hydrogens (primary N) is 1. The smallest absolute Gasteiger partial charge is 0.227 e. The molecule has 0 aromatic heterocycles. The summed E-state index contributed by atoms with van der Waals surface area (Å²) >= 11 is 0. The van der Waals surface area contributed by atoms with Crippen molar-refractivity contribution in [1.29, 1.82) is 0 Å². The standard InChI is InChI=1S/C19H27N3O2/c1-19(2)13-21(11-9-16(19)20)17(23)10-12-22-15-6-4-3-5-14(15)7-8-18(22)24/h3-6,16H,7-13,20H2,1-2H3. The van der Waals surface area contributed by atoms with Crippen molar-refractivity contribution >= 4 is 17.5 Å². The summed E-state index contributed by atoms with van der Waals surface area (Å²) in [7, 11) is 0. The van der Waals surface area contributed by atoms with Crippen molar-refractivity contribution in [3.63, 3.8) is 0 Å². The molecule has 1 fully saturated rings. The normalized spacial score (nSPS) is 23.1. The monoisotopic (exact) mass is 329 g/mol. The largest absolute Gasteiger partial charge is 0.342 e. The topological polar surface area (TPSA) is 66.6 Å². The van der Waals surface area contributed by atoms with Crippen LogP contribution in [0.4, 0.5) is 5.69 Å². The lowest BCUT2D eigenvalue weighted by Crippen LogP contribution is -2.54. The Labute approximate surface area is 143 Å². The number of anilines is 1. The maximum atomic E-state index is 12.6. The predicted molar refractivity (Wildman–Crippen MR) is 94.7 cm³/mol. The molecule has 0 saturated carbocycles. The molecule has 0 aliphatic carbocycles. The van der Waals surface area contributed by atoms with Gasteiger partial charge >= 0.3 is 0 Å². The number of hydrogen-bond donors (Lipinski definition) is 1. The Balaban J connectivity index is 1.63. The molecule has 1 aromatic carbocycles. The molecule has 2 N–H and O–H groups in total. The van der Waals surface area contributed by atoms with Gasteiger partial charge in [-0.05, 0) is 29.9 Å². The van der Waals surface area contributed by atoms with Crippen LogP contribution in [0.15, 0.2) is 24.3 Å². The van der Waals surface area contributed by atoms with Gasteiger partial charge in [-0.15, -0.1) is 0 Å². The van der Waals surface area contributed by atoms with E-state index < -0.39 is 0 Å². The lowest BCUT2D eigenvalue weighted by molar-refractivity contribution is -0.134. The number of aryl methyl sites for hydroxylation is 1. The first kappa shape index (κ1) is 17.0. The Morgan fingerprint density at radius 3 is 2.79 bits per heavy atom. The number of benzene rings is 1. The summed E-state index contributed by atoms with van der Waals surface area (Å²) in [5.74, 6) is 0.230. The van der Waals surface area contributed by atoms with Gasteiger partial charge in [0, 0.05) is 44.2 Å². The van der Waals surface area contributed by atoms with E-state index in [0.717, 1.165) is 18.5 Å². The average Bonchev–Trinajstić information content (AvgIpc) is 2.56. The van der Waals surface area contributed by atoms with Crippen LogP contribution in [0.5, 0.6) is 0 Å². The molecule has 2 aliphatic heterocycles. The van der Waals surface area contributed by atoms with Crippen LogP contribution in [-0.2, 0) is 16.0 Å². The minimum Gasteiger partial charge on any atom is -0.342 e. The molecule has 3 rings (SSSR count). The van der Waals surface area contributed by atoms with Crippen LogP contribution in [-0.4, -0.2) is 42.4 Å². The third-order valence-corrected chi connectivity index (χ3v) is 5.41. The molecule has 0 bridgehead atoms. The van der Waals surface area contributed by atoms with Crippen molar-refractivity contribution in [3.8, 4) is 0 Å². The molecule has 1 unspecified atom stereocenters.